The number of benzene rings is 1. The van der Waals surface area contributed by atoms with E-state index in [4.69, 9.17) is 22.1 Å². The number of nitrogens with two attached hydrogens (primary N) is 1. The first-order valence-corrected chi connectivity index (χ1v) is 6.75. The molecule has 0 aromatic heterocycles. The molecule has 1 aromatic rings. The number of anilines is 1. The normalized spacial score (nSPS) is 12.5. The molecule has 1 atom stereocenters. The monoisotopic (exact) mass is 270 g/mol. The van der Waals surface area contributed by atoms with Crippen molar-refractivity contribution in [2.24, 2.45) is 5.73 Å². The van der Waals surface area contributed by atoms with Crippen LogP contribution in [0.25, 0.3) is 0 Å². The first-order chi connectivity index (χ1) is 8.54. The Hall–Kier alpha value is -0.770. The van der Waals surface area contributed by atoms with Crippen LogP contribution in [0.4, 0.5) is 5.69 Å². The molecule has 0 saturated carbocycles. The van der Waals surface area contributed by atoms with Crippen molar-refractivity contribution in [3.05, 3.63) is 28.8 Å². The van der Waals surface area contributed by atoms with Crippen LogP contribution in [0.2, 0.25) is 5.02 Å². The van der Waals surface area contributed by atoms with Crippen molar-refractivity contribution in [3.63, 3.8) is 0 Å². The van der Waals surface area contributed by atoms with Crippen LogP contribution in [0, 0.1) is 0 Å². The molecule has 0 aliphatic rings. The molecule has 1 unspecified atom stereocenters. The standard InChI is InChI=1S/C14H23ClN2O/c1-4-18-8-7-17(3)14-6-5-13(15)10-12(14)9-11(2)16/h5-6,10-11H,4,7-9,16H2,1-3H3. The lowest BCUT2D eigenvalue weighted by molar-refractivity contribution is 0.154. The number of halogens is 1. The molecule has 4 heteroatoms. The third-order valence-electron chi connectivity index (χ3n) is 2.77. The van der Waals surface area contributed by atoms with Crippen LogP contribution in [-0.4, -0.2) is 32.8 Å². The molecule has 1 rings (SSSR count). The number of hydrogen-bond donors (Lipinski definition) is 1. The summed E-state index contributed by atoms with van der Waals surface area (Å²) >= 11 is 6.05. The maximum absolute atomic E-state index is 6.05. The molecule has 0 aliphatic carbocycles. The zero-order chi connectivity index (χ0) is 13.5. The molecular formula is C14H23ClN2O. The molecule has 18 heavy (non-hydrogen) atoms. The molecule has 1 aromatic carbocycles. The highest BCUT2D eigenvalue weighted by atomic mass is 35.5. The Bertz CT molecular complexity index is 369. The summed E-state index contributed by atoms with van der Waals surface area (Å²) in [5.41, 5.74) is 8.25. The SMILES string of the molecule is CCOCCN(C)c1ccc(Cl)cc1CC(C)N. The van der Waals surface area contributed by atoms with Crippen LogP contribution < -0.4 is 10.6 Å². The quantitative estimate of drug-likeness (QED) is 0.775. The lowest BCUT2D eigenvalue weighted by Gasteiger charge is -2.23. The van der Waals surface area contributed by atoms with E-state index in [2.05, 4.69) is 11.9 Å². The minimum atomic E-state index is 0.127. The Kier molecular flexibility index (Phi) is 6.47. The van der Waals surface area contributed by atoms with Gasteiger partial charge in [-0.15, -0.1) is 0 Å². The molecule has 2 N–H and O–H groups in total. The van der Waals surface area contributed by atoms with Crippen molar-refractivity contribution in [2.75, 3.05) is 31.7 Å². The van der Waals surface area contributed by atoms with Gasteiger partial charge in [0.1, 0.15) is 0 Å². The van der Waals surface area contributed by atoms with Gasteiger partial charge in [0.25, 0.3) is 0 Å². The van der Waals surface area contributed by atoms with Crippen molar-refractivity contribution in [3.8, 4) is 0 Å². The van der Waals surface area contributed by atoms with Gasteiger partial charge in [-0.2, -0.15) is 0 Å². The minimum absolute atomic E-state index is 0.127. The van der Waals surface area contributed by atoms with Crippen molar-refractivity contribution in [1.82, 2.24) is 0 Å². The van der Waals surface area contributed by atoms with Crippen LogP contribution in [0.5, 0.6) is 0 Å². The van der Waals surface area contributed by atoms with Gasteiger partial charge >= 0.3 is 0 Å². The maximum atomic E-state index is 6.05. The summed E-state index contributed by atoms with van der Waals surface area (Å²) in [6, 6.07) is 6.09. The number of ether oxygens (including phenoxy) is 1. The first kappa shape index (κ1) is 15.3. The highest BCUT2D eigenvalue weighted by Crippen LogP contribution is 2.24. The second-order valence-electron chi connectivity index (χ2n) is 4.57. The average molecular weight is 271 g/mol. The van der Waals surface area contributed by atoms with E-state index in [1.165, 1.54) is 11.3 Å². The summed E-state index contributed by atoms with van der Waals surface area (Å²) in [5.74, 6) is 0. The summed E-state index contributed by atoms with van der Waals surface area (Å²) in [6.45, 7) is 6.35. The van der Waals surface area contributed by atoms with E-state index in [0.717, 1.165) is 31.2 Å². The van der Waals surface area contributed by atoms with Crippen LogP contribution >= 0.6 is 11.6 Å². The predicted octanol–water partition coefficient (Wildman–Crippen LogP) is 2.70. The van der Waals surface area contributed by atoms with Gasteiger partial charge in [-0.3, -0.25) is 0 Å². The van der Waals surface area contributed by atoms with Gasteiger partial charge in [-0.05, 0) is 44.0 Å². The number of rotatable bonds is 7. The maximum Gasteiger partial charge on any atom is 0.0641 e. The molecule has 0 bridgehead atoms. The van der Waals surface area contributed by atoms with Gasteiger partial charge in [0.05, 0.1) is 6.61 Å². The van der Waals surface area contributed by atoms with E-state index in [1.807, 2.05) is 32.0 Å². The summed E-state index contributed by atoms with van der Waals surface area (Å²) in [4.78, 5) is 2.18. The fraction of sp³-hybridized carbons (Fsp3) is 0.571. The third kappa shape index (κ3) is 4.84. The van der Waals surface area contributed by atoms with Crippen molar-refractivity contribution in [2.45, 2.75) is 26.3 Å². The number of hydrogen-bond acceptors (Lipinski definition) is 3. The molecule has 0 spiro atoms. The Morgan fingerprint density at radius 2 is 2.17 bits per heavy atom. The van der Waals surface area contributed by atoms with E-state index in [-0.39, 0.29) is 6.04 Å². The van der Waals surface area contributed by atoms with Gasteiger partial charge in [-0.25, -0.2) is 0 Å². The largest absolute Gasteiger partial charge is 0.380 e. The van der Waals surface area contributed by atoms with E-state index >= 15 is 0 Å². The van der Waals surface area contributed by atoms with Crippen molar-refractivity contribution < 1.29 is 4.74 Å². The van der Waals surface area contributed by atoms with E-state index < -0.39 is 0 Å². The van der Waals surface area contributed by atoms with Gasteiger partial charge in [0.15, 0.2) is 0 Å². The first-order valence-electron chi connectivity index (χ1n) is 6.37. The summed E-state index contributed by atoms with van der Waals surface area (Å²) in [7, 11) is 2.06. The Morgan fingerprint density at radius 1 is 1.44 bits per heavy atom. The third-order valence-corrected chi connectivity index (χ3v) is 3.00. The van der Waals surface area contributed by atoms with Gasteiger partial charge in [0.2, 0.25) is 0 Å². The van der Waals surface area contributed by atoms with Gasteiger partial charge in [-0.1, -0.05) is 11.6 Å². The molecule has 0 fully saturated rings. The topological polar surface area (TPSA) is 38.5 Å². The molecule has 0 aliphatic heterocycles. The molecule has 0 saturated heterocycles. The Balaban J connectivity index is 2.78. The molecule has 0 radical (unpaired) electrons. The molecule has 102 valence electrons. The van der Waals surface area contributed by atoms with E-state index in [1.54, 1.807) is 0 Å². The Morgan fingerprint density at radius 3 is 2.78 bits per heavy atom. The lowest BCUT2D eigenvalue weighted by Crippen LogP contribution is -2.25. The zero-order valence-electron chi connectivity index (χ0n) is 11.4. The fourth-order valence-electron chi connectivity index (χ4n) is 1.90. The molecule has 0 amide bonds. The lowest BCUT2D eigenvalue weighted by atomic mass is 10.0. The van der Waals surface area contributed by atoms with Crippen LogP contribution in [0.1, 0.15) is 19.4 Å². The predicted molar refractivity (Wildman–Crippen MR) is 78.6 cm³/mol. The Labute approximate surface area is 115 Å². The van der Waals surface area contributed by atoms with E-state index in [0.29, 0.717) is 0 Å². The van der Waals surface area contributed by atoms with Gasteiger partial charge in [0, 0.05) is 37.0 Å². The summed E-state index contributed by atoms with van der Waals surface area (Å²) < 4.78 is 5.38. The smallest absolute Gasteiger partial charge is 0.0641 e. The molecular weight excluding hydrogens is 248 g/mol. The minimum Gasteiger partial charge on any atom is -0.380 e. The van der Waals surface area contributed by atoms with Crippen molar-refractivity contribution in [1.29, 1.82) is 0 Å². The molecule has 0 heterocycles. The van der Waals surface area contributed by atoms with E-state index in [9.17, 15) is 0 Å². The second kappa shape index (κ2) is 7.62. The summed E-state index contributed by atoms with van der Waals surface area (Å²) in [6.07, 6.45) is 0.828. The highest BCUT2D eigenvalue weighted by Gasteiger charge is 2.09. The average Bonchev–Trinajstić information content (AvgIpc) is 2.28. The van der Waals surface area contributed by atoms with Crippen LogP contribution in [0.3, 0.4) is 0 Å². The zero-order valence-corrected chi connectivity index (χ0v) is 12.2. The second-order valence-corrected chi connectivity index (χ2v) is 5.01. The van der Waals surface area contributed by atoms with Crippen LogP contribution in [-0.2, 0) is 11.2 Å². The van der Waals surface area contributed by atoms with Crippen LogP contribution in [0.15, 0.2) is 18.2 Å². The fourth-order valence-corrected chi connectivity index (χ4v) is 2.10. The number of nitrogens with zero attached hydrogens (tertiary/aromatic N) is 1. The highest BCUT2D eigenvalue weighted by molar-refractivity contribution is 6.30. The number of likely N-dealkylation sites (N-methyl/N-ethyl adjacent to an activating group) is 1. The van der Waals surface area contributed by atoms with Crippen molar-refractivity contribution >= 4 is 17.3 Å². The molecule has 3 nitrogen and oxygen atoms in total. The van der Waals surface area contributed by atoms with Gasteiger partial charge < -0.3 is 15.4 Å². The summed E-state index contributed by atoms with van der Waals surface area (Å²) in [5, 5.41) is 0.757.